The van der Waals surface area contributed by atoms with Crippen LogP contribution >= 0.6 is 11.3 Å². The highest BCUT2D eigenvalue weighted by Gasteiger charge is 2.30. The van der Waals surface area contributed by atoms with Gasteiger partial charge in [-0.05, 0) is 55.7 Å². The maximum atomic E-state index is 12.9. The SMILES string of the molecule is C#CCC(C)=C(CC#C)OC(=O)C(c1cc2c(s1)CCCC2)C(C)C. The molecule has 132 valence electrons. The van der Waals surface area contributed by atoms with Gasteiger partial charge in [0.05, 0.1) is 12.3 Å². The van der Waals surface area contributed by atoms with E-state index in [0.29, 0.717) is 12.2 Å². The number of hydrogen-bond acceptors (Lipinski definition) is 3. The Kier molecular flexibility index (Phi) is 6.91. The molecule has 0 spiro atoms. The number of carbonyl (C=O) groups excluding carboxylic acids is 1. The number of carbonyl (C=O) groups is 1. The number of aryl methyl sites for hydroxylation is 2. The highest BCUT2D eigenvalue weighted by Crippen LogP contribution is 2.37. The number of thiophene rings is 1. The summed E-state index contributed by atoms with van der Waals surface area (Å²) in [5.41, 5.74) is 2.26. The van der Waals surface area contributed by atoms with E-state index in [2.05, 4.69) is 31.8 Å². The van der Waals surface area contributed by atoms with Crippen molar-refractivity contribution in [1.29, 1.82) is 0 Å². The Balaban J connectivity index is 2.26. The topological polar surface area (TPSA) is 26.3 Å². The van der Waals surface area contributed by atoms with E-state index < -0.39 is 0 Å². The summed E-state index contributed by atoms with van der Waals surface area (Å²) in [5.74, 6) is 5.34. The lowest BCUT2D eigenvalue weighted by Gasteiger charge is -2.19. The predicted octanol–water partition coefficient (Wildman–Crippen LogP) is 5.23. The van der Waals surface area contributed by atoms with E-state index in [-0.39, 0.29) is 24.2 Å². The minimum atomic E-state index is -0.262. The van der Waals surface area contributed by atoms with Crippen molar-refractivity contribution in [3.05, 3.63) is 32.7 Å². The first-order valence-corrected chi connectivity index (χ1v) is 9.68. The number of terminal acetylenes is 2. The Hall–Kier alpha value is -1.97. The molecule has 0 amide bonds. The van der Waals surface area contributed by atoms with E-state index in [0.717, 1.165) is 23.3 Å². The lowest BCUT2D eigenvalue weighted by molar-refractivity contribution is -0.142. The zero-order valence-electron chi connectivity index (χ0n) is 15.4. The molecule has 1 unspecified atom stereocenters. The number of rotatable bonds is 6. The molecule has 0 radical (unpaired) electrons. The minimum Gasteiger partial charge on any atom is -0.430 e. The Morgan fingerprint density at radius 1 is 1.24 bits per heavy atom. The van der Waals surface area contributed by atoms with Crippen LogP contribution in [0.25, 0.3) is 0 Å². The maximum Gasteiger partial charge on any atom is 0.319 e. The van der Waals surface area contributed by atoms with Crippen LogP contribution in [-0.4, -0.2) is 5.97 Å². The van der Waals surface area contributed by atoms with Crippen molar-refractivity contribution in [3.8, 4) is 24.7 Å². The van der Waals surface area contributed by atoms with Gasteiger partial charge in [-0.3, -0.25) is 4.79 Å². The third kappa shape index (κ3) is 4.77. The van der Waals surface area contributed by atoms with Crippen LogP contribution in [0.3, 0.4) is 0 Å². The molecule has 0 aromatic carbocycles. The monoisotopic (exact) mass is 354 g/mol. The van der Waals surface area contributed by atoms with Crippen molar-refractivity contribution < 1.29 is 9.53 Å². The van der Waals surface area contributed by atoms with Gasteiger partial charge in [-0.2, -0.15) is 0 Å². The average molecular weight is 355 g/mol. The number of allylic oxidation sites excluding steroid dienone is 2. The molecule has 0 fully saturated rings. The number of hydrogen-bond donors (Lipinski definition) is 0. The first-order valence-electron chi connectivity index (χ1n) is 8.86. The van der Waals surface area contributed by atoms with Gasteiger partial charge in [0.1, 0.15) is 5.76 Å². The molecule has 1 aromatic rings. The summed E-state index contributed by atoms with van der Waals surface area (Å²) in [5, 5.41) is 0. The standard InChI is InChI=1S/C22H26O2S/c1-6-10-16(5)18(11-7-2)24-22(23)21(15(3)4)20-14-17-12-8-9-13-19(17)25-20/h1-2,14-15,21H,8-13H2,3-5H3. The molecule has 1 heterocycles. The first-order chi connectivity index (χ1) is 12.0. The zero-order chi connectivity index (χ0) is 18.4. The van der Waals surface area contributed by atoms with E-state index in [1.54, 1.807) is 11.3 Å². The third-order valence-electron chi connectivity index (χ3n) is 4.57. The van der Waals surface area contributed by atoms with E-state index >= 15 is 0 Å². The number of esters is 1. The molecule has 0 bridgehead atoms. The van der Waals surface area contributed by atoms with E-state index in [4.69, 9.17) is 17.6 Å². The lowest BCUT2D eigenvalue weighted by atomic mass is 9.92. The molecule has 1 aliphatic carbocycles. The molecule has 1 aliphatic rings. The molecule has 1 aromatic heterocycles. The van der Waals surface area contributed by atoms with Gasteiger partial charge in [0, 0.05) is 16.2 Å². The maximum absolute atomic E-state index is 12.9. The van der Waals surface area contributed by atoms with Crippen molar-refractivity contribution >= 4 is 17.3 Å². The van der Waals surface area contributed by atoms with Crippen LogP contribution in [0.5, 0.6) is 0 Å². The summed E-state index contributed by atoms with van der Waals surface area (Å²) in [6, 6.07) is 2.21. The molecular formula is C22H26O2S. The molecule has 2 rings (SSSR count). The Morgan fingerprint density at radius 3 is 2.52 bits per heavy atom. The highest BCUT2D eigenvalue weighted by atomic mass is 32.1. The van der Waals surface area contributed by atoms with Gasteiger partial charge < -0.3 is 4.74 Å². The van der Waals surface area contributed by atoms with Gasteiger partial charge in [0.2, 0.25) is 0 Å². The fourth-order valence-corrected chi connectivity index (χ4v) is 4.71. The molecule has 3 heteroatoms. The molecule has 0 saturated heterocycles. The van der Waals surface area contributed by atoms with E-state index in [1.165, 1.54) is 23.3 Å². The third-order valence-corrected chi connectivity index (χ3v) is 5.89. The van der Waals surface area contributed by atoms with Gasteiger partial charge in [-0.15, -0.1) is 30.1 Å². The largest absolute Gasteiger partial charge is 0.430 e. The quantitative estimate of drug-likeness (QED) is 0.397. The van der Waals surface area contributed by atoms with Gasteiger partial charge >= 0.3 is 5.97 Å². The van der Waals surface area contributed by atoms with Gasteiger partial charge in [0.25, 0.3) is 0 Å². The summed E-state index contributed by atoms with van der Waals surface area (Å²) in [4.78, 5) is 15.5. The Morgan fingerprint density at radius 2 is 1.92 bits per heavy atom. The van der Waals surface area contributed by atoms with Crippen LogP contribution in [0.4, 0.5) is 0 Å². The van der Waals surface area contributed by atoms with Crippen molar-refractivity contribution in [2.75, 3.05) is 0 Å². The zero-order valence-corrected chi connectivity index (χ0v) is 16.2. The van der Waals surface area contributed by atoms with Crippen molar-refractivity contribution in [2.45, 2.75) is 65.2 Å². The van der Waals surface area contributed by atoms with Crippen LogP contribution in [0.1, 0.15) is 67.7 Å². The van der Waals surface area contributed by atoms with Crippen LogP contribution in [0.15, 0.2) is 17.4 Å². The summed E-state index contributed by atoms with van der Waals surface area (Å²) in [6.45, 7) is 5.99. The Bertz CT molecular complexity index is 714. The molecule has 0 N–H and O–H groups in total. The average Bonchev–Trinajstić information content (AvgIpc) is 2.97. The number of ether oxygens (including phenoxy) is 1. The summed E-state index contributed by atoms with van der Waals surface area (Å²) in [7, 11) is 0. The molecule has 0 saturated carbocycles. The summed E-state index contributed by atoms with van der Waals surface area (Å²) < 4.78 is 5.72. The van der Waals surface area contributed by atoms with Gasteiger partial charge in [0.15, 0.2) is 0 Å². The van der Waals surface area contributed by atoms with Crippen LogP contribution < -0.4 is 0 Å². The highest BCUT2D eigenvalue weighted by molar-refractivity contribution is 7.12. The fourth-order valence-electron chi connectivity index (χ4n) is 3.19. The summed E-state index contributed by atoms with van der Waals surface area (Å²) in [6.07, 6.45) is 16.2. The van der Waals surface area contributed by atoms with Crippen LogP contribution in [0, 0.1) is 30.6 Å². The van der Waals surface area contributed by atoms with E-state index in [1.807, 2.05) is 6.92 Å². The summed E-state index contributed by atoms with van der Waals surface area (Å²) >= 11 is 1.77. The Labute approximate surface area is 155 Å². The van der Waals surface area contributed by atoms with Gasteiger partial charge in [-0.25, -0.2) is 0 Å². The molecule has 25 heavy (non-hydrogen) atoms. The fraction of sp³-hybridized carbons (Fsp3) is 0.500. The van der Waals surface area contributed by atoms with Gasteiger partial charge in [-0.1, -0.05) is 19.8 Å². The van der Waals surface area contributed by atoms with Crippen LogP contribution in [0.2, 0.25) is 0 Å². The molecular weight excluding hydrogens is 328 g/mol. The second-order valence-electron chi connectivity index (χ2n) is 6.91. The molecule has 2 nitrogen and oxygen atoms in total. The van der Waals surface area contributed by atoms with Crippen molar-refractivity contribution in [3.63, 3.8) is 0 Å². The van der Waals surface area contributed by atoms with Crippen molar-refractivity contribution in [1.82, 2.24) is 0 Å². The van der Waals surface area contributed by atoms with E-state index in [9.17, 15) is 4.79 Å². The second kappa shape index (κ2) is 8.93. The van der Waals surface area contributed by atoms with Crippen LogP contribution in [-0.2, 0) is 22.4 Å². The molecule has 0 aliphatic heterocycles. The first kappa shape index (κ1) is 19.4. The predicted molar refractivity (Wildman–Crippen MR) is 104 cm³/mol. The molecule has 1 atom stereocenters. The minimum absolute atomic E-state index is 0.160. The lowest BCUT2D eigenvalue weighted by Crippen LogP contribution is -2.20. The smallest absolute Gasteiger partial charge is 0.319 e. The number of fused-ring (bicyclic) bond motifs is 1. The normalized spacial score (nSPS) is 15.6. The second-order valence-corrected chi connectivity index (χ2v) is 8.08. The van der Waals surface area contributed by atoms with Crippen molar-refractivity contribution in [2.24, 2.45) is 5.92 Å².